The van der Waals surface area contributed by atoms with Crippen molar-refractivity contribution in [2.75, 3.05) is 7.05 Å². The molecule has 0 aliphatic heterocycles. The average Bonchev–Trinajstić information content (AvgIpc) is 2.45. The van der Waals surface area contributed by atoms with E-state index < -0.39 is 0 Å². The van der Waals surface area contributed by atoms with Crippen LogP contribution in [0.25, 0.3) is 10.9 Å². The predicted molar refractivity (Wildman–Crippen MR) is 63.8 cm³/mol. The predicted octanol–water partition coefficient (Wildman–Crippen LogP) is 3.30. The third-order valence-electron chi connectivity index (χ3n) is 2.17. The summed E-state index contributed by atoms with van der Waals surface area (Å²) in [4.78, 5) is 3.14. The molecular formula is C10H10BrClN2. The van der Waals surface area contributed by atoms with Crippen LogP contribution in [0.15, 0.2) is 22.7 Å². The van der Waals surface area contributed by atoms with E-state index in [4.69, 9.17) is 11.6 Å². The molecule has 0 saturated heterocycles. The summed E-state index contributed by atoms with van der Waals surface area (Å²) in [5.41, 5.74) is 2.19. The Kier molecular flexibility index (Phi) is 2.81. The summed E-state index contributed by atoms with van der Waals surface area (Å²) in [7, 11) is 1.91. The number of nitrogens with one attached hydrogen (secondary N) is 2. The molecule has 1 aromatic heterocycles. The lowest BCUT2D eigenvalue weighted by Crippen LogP contribution is -2.04. The Labute approximate surface area is 95.8 Å². The number of aromatic nitrogens is 1. The molecule has 4 heteroatoms. The maximum Gasteiger partial charge on any atom is 0.111 e. The smallest absolute Gasteiger partial charge is 0.111 e. The summed E-state index contributed by atoms with van der Waals surface area (Å²) in [6.07, 6.45) is 0. The van der Waals surface area contributed by atoms with E-state index in [1.165, 1.54) is 5.39 Å². The number of hydrogen-bond acceptors (Lipinski definition) is 1. The maximum absolute atomic E-state index is 6.09. The molecule has 0 saturated carbocycles. The van der Waals surface area contributed by atoms with Gasteiger partial charge in [-0.25, -0.2) is 0 Å². The minimum absolute atomic E-state index is 0.715. The second-order valence-corrected chi connectivity index (χ2v) is 4.43. The highest BCUT2D eigenvalue weighted by atomic mass is 79.9. The van der Waals surface area contributed by atoms with Crippen molar-refractivity contribution in [3.63, 3.8) is 0 Å². The van der Waals surface area contributed by atoms with Gasteiger partial charge < -0.3 is 10.3 Å². The highest BCUT2D eigenvalue weighted by Crippen LogP contribution is 2.28. The molecule has 0 spiro atoms. The molecule has 2 rings (SSSR count). The first-order valence-electron chi connectivity index (χ1n) is 4.32. The van der Waals surface area contributed by atoms with Crippen molar-refractivity contribution >= 4 is 38.4 Å². The first kappa shape index (κ1) is 10.0. The number of benzene rings is 1. The van der Waals surface area contributed by atoms with Crippen LogP contribution in [-0.4, -0.2) is 12.0 Å². The molecule has 14 heavy (non-hydrogen) atoms. The van der Waals surface area contributed by atoms with Gasteiger partial charge in [0.25, 0.3) is 0 Å². The van der Waals surface area contributed by atoms with Crippen LogP contribution in [0.5, 0.6) is 0 Å². The number of halogens is 2. The van der Waals surface area contributed by atoms with Crippen molar-refractivity contribution < 1.29 is 0 Å². The highest BCUT2D eigenvalue weighted by molar-refractivity contribution is 9.10. The zero-order chi connectivity index (χ0) is 10.1. The lowest BCUT2D eigenvalue weighted by atomic mass is 10.2. The quantitative estimate of drug-likeness (QED) is 0.863. The van der Waals surface area contributed by atoms with Gasteiger partial charge in [-0.3, -0.25) is 0 Å². The van der Waals surface area contributed by atoms with Gasteiger partial charge in [0.15, 0.2) is 0 Å². The van der Waals surface area contributed by atoms with Gasteiger partial charge in [-0.2, -0.15) is 0 Å². The minimum atomic E-state index is 0.715. The number of H-pyrrole nitrogens is 1. The van der Waals surface area contributed by atoms with Crippen LogP contribution in [0.4, 0.5) is 0 Å². The van der Waals surface area contributed by atoms with E-state index in [1.54, 1.807) is 0 Å². The first-order chi connectivity index (χ1) is 6.72. The molecular weight excluding hydrogens is 263 g/mol. The molecule has 0 unspecified atom stereocenters. The lowest BCUT2D eigenvalue weighted by Gasteiger charge is -1.98. The van der Waals surface area contributed by atoms with Gasteiger partial charge in [0.05, 0.1) is 0 Å². The standard InChI is InChI=1S/C10H10BrClN2/c1-13-5-8-7-4-6(11)2-3-9(7)14-10(8)12/h2-4,13-14H,5H2,1H3. The van der Waals surface area contributed by atoms with Crippen molar-refractivity contribution in [1.82, 2.24) is 10.3 Å². The second kappa shape index (κ2) is 3.93. The topological polar surface area (TPSA) is 27.8 Å². The van der Waals surface area contributed by atoms with Gasteiger partial charge in [0.1, 0.15) is 5.15 Å². The molecule has 0 bridgehead atoms. The molecule has 2 nitrogen and oxygen atoms in total. The van der Waals surface area contributed by atoms with Gasteiger partial charge in [0.2, 0.25) is 0 Å². The first-order valence-corrected chi connectivity index (χ1v) is 5.49. The monoisotopic (exact) mass is 272 g/mol. The normalized spacial score (nSPS) is 11.1. The van der Waals surface area contributed by atoms with Crippen LogP contribution in [0.3, 0.4) is 0 Å². The van der Waals surface area contributed by atoms with E-state index in [9.17, 15) is 0 Å². The fourth-order valence-electron chi connectivity index (χ4n) is 1.54. The summed E-state index contributed by atoms with van der Waals surface area (Å²) >= 11 is 9.54. The maximum atomic E-state index is 6.09. The summed E-state index contributed by atoms with van der Waals surface area (Å²) in [6, 6.07) is 6.09. The average molecular weight is 274 g/mol. The lowest BCUT2D eigenvalue weighted by molar-refractivity contribution is 0.823. The van der Waals surface area contributed by atoms with E-state index in [-0.39, 0.29) is 0 Å². The Balaban J connectivity index is 2.66. The molecule has 1 heterocycles. The molecule has 2 aromatic rings. The molecule has 0 amide bonds. The van der Waals surface area contributed by atoms with Crippen molar-refractivity contribution in [3.8, 4) is 0 Å². The molecule has 0 aliphatic rings. The fraction of sp³-hybridized carbons (Fsp3) is 0.200. The van der Waals surface area contributed by atoms with Gasteiger partial charge in [-0.1, -0.05) is 27.5 Å². The van der Waals surface area contributed by atoms with Gasteiger partial charge in [-0.15, -0.1) is 0 Å². The molecule has 1 aromatic carbocycles. The SMILES string of the molecule is CNCc1c(Cl)[nH]c2ccc(Br)cc12. The molecule has 0 radical (unpaired) electrons. The summed E-state index contributed by atoms with van der Waals surface area (Å²) in [5, 5.41) is 4.98. The fourth-order valence-corrected chi connectivity index (χ4v) is 2.17. The Morgan fingerprint density at radius 3 is 3.00 bits per heavy atom. The molecule has 2 N–H and O–H groups in total. The van der Waals surface area contributed by atoms with Crippen molar-refractivity contribution in [2.45, 2.75) is 6.54 Å². The molecule has 0 aliphatic carbocycles. The highest BCUT2D eigenvalue weighted by Gasteiger charge is 2.08. The second-order valence-electron chi connectivity index (χ2n) is 3.14. The van der Waals surface area contributed by atoms with Crippen LogP contribution < -0.4 is 5.32 Å². The summed E-state index contributed by atoms with van der Waals surface area (Å²) in [5.74, 6) is 0. The van der Waals surface area contributed by atoms with Crippen LogP contribution >= 0.6 is 27.5 Å². The Hall–Kier alpha value is -0.510. The molecule has 0 atom stereocenters. The van der Waals surface area contributed by atoms with Crippen molar-refractivity contribution in [2.24, 2.45) is 0 Å². The van der Waals surface area contributed by atoms with E-state index >= 15 is 0 Å². The third kappa shape index (κ3) is 1.67. The molecule has 0 fully saturated rings. The number of hydrogen-bond donors (Lipinski definition) is 2. The van der Waals surface area contributed by atoms with Gasteiger partial charge >= 0.3 is 0 Å². The van der Waals surface area contributed by atoms with Crippen LogP contribution in [0.2, 0.25) is 5.15 Å². The van der Waals surface area contributed by atoms with Crippen molar-refractivity contribution in [3.05, 3.63) is 33.4 Å². The molecule has 74 valence electrons. The van der Waals surface area contributed by atoms with E-state index in [0.717, 1.165) is 22.1 Å². The van der Waals surface area contributed by atoms with E-state index in [0.29, 0.717) is 5.15 Å². The van der Waals surface area contributed by atoms with Crippen LogP contribution in [0.1, 0.15) is 5.56 Å². The van der Waals surface area contributed by atoms with Crippen molar-refractivity contribution in [1.29, 1.82) is 0 Å². The number of aromatic amines is 1. The Morgan fingerprint density at radius 1 is 1.50 bits per heavy atom. The number of fused-ring (bicyclic) bond motifs is 1. The van der Waals surface area contributed by atoms with E-state index in [2.05, 4.69) is 32.3 Å². The van der Waals surface area contributed by atoms with Crippen LogP contribution in [0, 0.1) is 0 Å². The minimum Gasteiger partial charge on any atom is -0.345 e. The zero-order valence-corrected chi connectivity index (χ0v) is 10.0. The van der Waals surface area contributed by atoms with Crippen LogP contribution in [-0.2, 0) is 6.54 Å². The van der Waals surface area contributed by atoms with Gasteiger partial charge in [0, 0.05) is 27.5 Å². The summed E-state index contributed by atoms with van der Waals surface area (Å²) in [6.45, 7) is 0.773. The largest absolute Gasteiger partial charge is 0.345 e. The van der Waals surface area contributed by atoms with E-state index in [1.807, 2.05) is 19.2 Å². The van der Waals surface area contributed by atoms with Gasteiger partial charge in [-0.05, 0) is 25.2 Å². The summed E-state index contributed by atoms with van der Waals surface area (Å²) < 4.78 is 1.07. The Bertz CT molecular complexity index is 464. The zero-order valence-electron chi connectivity index (χ0n) is 7.70. The third-order valence-corrected chi connectivity index (χ3v) is 2.99. The Morgan fingerprint density at radius 2 is 2.29 bits per heavy atom. The number of rotatable bonds is 2.